The average Bonchev–Trinajstić information content (AvgIpc) is 3.08. The lowest BCUT2D eigenvalue weighted by Gasteiger charge is -2.28. The number of carbonyl (C=O) groups is 2. The third kappa shape index (κ3) is 3.79. The SMILES string of the molecule is NC(=O)c1c(-c2cccc(Cl)c2)nn2c1CN(C(=O)Nc1ccc(F)cc1)CC2. The van der Waals surface area contributed by atoms with Crippen molar-refractivity contribution in [3.8, 4) is 11.3 Å². The average molecular weight is 414 g/mol. The number of carbonyl (C=O) groups excluding carboxylic acids is 2. The fourth-order valence-corrected chi connectivity index (χ4v) is 3.51. The number of benzene rings is 2. The second-order valence-corrected chi connectivity index (χ2v) is 7.06. The molecule has 1 aliphatic rings. The number of rotatable bonds is 3. The fraction of sp³-hybridized carbons (Fsp3) is 0.150. The number of halogens is 2. The predicted molar refractivity (Wildman–Crippen MR) is 107 cm³/mol. The molecule has 3 aromatic rings. The third-order valence-corrected chi connectivity index (χ3v) is 4.94. The molecule has 148 valence electrons. The van der Waals surface area contributed by atoms with Crippen LogP contribution in [0.3, 0.4) is 0 Å². The molecule has 3 N–H and O–H groups in total. The van der Waals surface area contributed by atoms with Gasteiger partial charge in [-0.25, -0.2) is 9.18 Å². The molecule has 0 spiro atoms. The Bertz CT molecular complexity index is 1100. The maximum atomic E-state index is 13.0. The molecule has 2 aromatic carbocycles. The molecule has 0 radical (unpaired) electrons. The molecule has 9 heteroatoms. The van der Waals surface area contributed by atoms with E-state index in [4.69, 9.17) is 17.3 Å². The molecule has 0 atom stereocenters. The van der Waals surface area contributed by atoms with Crippen molar-refractivity contribution in [3.05, 3.63) is 70.6 Å². The highest BCUT2D eigenvalue weighted by Gasteiger charge is 2.29. The van der Waals surface area contributed by atoms with E-state index in [2.05, 4.69) is 10.4 Å². The number of nitrogens with zero attached hydrogens (tertiary/aromatic N) is 3. The molecule has 0 aliphatic carbocycles. The number of anilines is 1. The zero-order valence-electron chi connectivity index (χ0n) is 15.2. The summed E-state index contributed by atoms with van der Waals surface area (Å²) in [5.74, 6) is -1.01. The first kappa shape index (κ1) is 18.9. The van der Waals surface area contributed by atoms with Crippen molar-refractivity contribution in [1.29, 1.82) is 0 Å². The van der Waals surface area contributed by atoms with Gasteiger partial charge < -0.3 is 16.0 Å². The summed E-state index contributed by atoms with van der Waals surface area (Å²) in [4.78, 5) is 26.4. The minimum Gasteiger partial charge on any atom is -0.365 e. The van der Waals surface area contributed by atoms with E-state index in [1.54, 1.807) is 33.8 Å². The van der Waals surface area contributed by atoms with Crippen LogP contribution < -0.4 is 11.1 Å². The van der Waals surface area contributed by atoms with Gasteiger partial charge in [-0.05, 0) is 36.4 Å². The second kappa shape index (κ2) is 7.56. The molecule has 7 nitrogen and oxygen atoms in total. The van der Waals surface area contributed by atoms with E-state index in [1.165, 1.54) is 24.3 Å². The summed E-state index contributed by atoms with van der Waals surface area (Å²) in [6.07, 6.45) is 0. The predicted octanol–water partition coefficient (Wildman–Crippen LogP) is 3.49. The third-order valence-electron chi connectivity index (χ3n) is 4.71. The lowest BCUT2D eigenvalue weighted by Crippen LogP contribution is -2.41. The lowest BCUT2D eigenvalue weighted by atomic mass is 10.0. The molecule has 4 rings (SSSR count). The Morgan fingerprint density at radius 3 is 2.59 bits per heavy atom. The molecule has 1 aliphatic heterocycles. The van der Waals surface area contributed by atoms with Crippen molar-refractivity contribution >= 4 is 29.2 Å². The number of amides is 3. The van der Waals surface area contributed by atoms with Crippen LogP contribution in [0, 0.1) is 5.82 Å². The Morgan fingerprint density at radius 2 is 1.90 bits per heavy atom. The van der Waals surface area contributed by atoms with Gasteiger partial charge in [-0.15, -0.1) is 0 Å². The summed E-state index contributed by atoms with van der Waals surface area (Å²) in [6, 6.07) is 12.1. The van der Waals surface area contributed by atoms with E-state index in [9.17, 15) is 14.0 Å². The zero-order chi connectivity index (χ0) is 20.5. The van der Waals surface area contributed by atoms with E-state index < -0.39 is 5.91 Å². The highest BCUT2D eigenvalue weighted by atomic mass is 35.5. The van der Waals surface area contributed by atoms with Crippen molar-refractivity contribution in [2.45, 2.75) is 13.1 Å². The van der Waals surface area contributed by atoms with Crippen LogP contribution in [0.15, 0.2) is 48.5 Å². The van der Waals surface area contributed by atoms with Gasteiger partial charge in [0.25, 0.3) is 5.91 Å². The van der Waals surface area contributed by atoms with E-state index in [1.807, 2.05) is 0 Å². The number of primary amides is 1. The van der Waals surface area contributed by atoms with Crippen molar-refractivity contribution in [2.75, 3.05) is 11.9 Å². The molecule has 3 amide bonds. The summed E-state index contributed by atoms with van der Waals surface area (Å²) in [7, 11) is 0. The van der Waals surface area contributed by atoms with Crippen molar-refractivity contribution in [1.82, 2.24) is 14.7 Å². The standard InChI is InChI=1S/C20H17ClFN5O2/c21-13-3-1-2-12(10-13)18-17(19(23)28)16-11-26(8-9-27(16)25-18)20(29)24-15-6-4-14(22)5-7-15/h1-7,10H,8-9,11H2,(H2,23,28)(H,24,29). The summed E-state index contributed by atoms with van der Waals surface area (Å²) in [6.45, 7) is 0.973. The van der Waals surface area contributed by atoms with Crippen LogP contribution in [0.5, 0.6) is 0 Å². The minimum absolute atomic E-state index is 0.166. The number of hydrogen-bond acceptors (Lipinski definition) is 3. The molecular weight excluding hydrogens is 397 g/mol. The molecule has 0 bridgehead atoms. The molecule has 0 saturated carbocycles. The van der Waals surface area contributed by atoms with E-state index >= 15 is 0 Å². The van der Waals surface area contributed by atoms with Crippen LogP contribution in [0.1, 0.15) is 16.1 Å². The van der Waals surface area contributed by atoms with Gasteiger partial charge in [-0.1, -0.05) is 23.7 Å². The summed E-state index contributed by atoms with van der Waals surface area (Å²) >= 11 is 6.07. The van der Waals surface area contributed by atoms with Gasteiger partial charge in [0.05, 0.1) is 24.3 Å². The summed E-state index contributed by atoms with van der Waals surface area (Å²) in [5, 5.41) is 7.77. The largest absolute Gasteiger partial charge is 0.365 e. The number of urea groups is 1. The Labute approximate surface area is 170 Å². The first-order valence-corrected chi connectivity index (χ1v) is 9.27. The number of hydrogen-bond donors (Lipinski definition) is 2. The van der Waals surface area contributed by atoms with Gasteiger partial charge in [0.15, 0.2) is 0 Å². The van der Waals surface area contributed by atoms with Crippen LogP contribution in [0.2, 0.25) is 5.02 Å². The maximum absolute atomic E-state index is 13.0. The molecule has 2 heterocycles. The molecular formula is C20H17ClFN5O2. The van der Waals surface area contributed by atoms with Crippen LogP contribution in [0.25, 0.3) is 11.3 Å². The highest BCUT2D eigenvalue weighted by Crippen LogP contribution is 2.29. The van der Waals surface area contributed by atoms with E-state index in [-0.39, 0.29) is 24.0 Å². The Kier molecular flexibility index (Phi) is 4.94. The highest BCUT2D eigenvalue weighted by molar-refractivity contribution is 6.30. The number of nitrogens with two attached hydrogens (primary N) is 1. The van der Waals surface area contributed by atoms with Gasteiger partial charge in [-0.2, -0.15) is 5.10 Å². The Balaban J connectivity index is 1.62. The molecule has 0 unspecified atom stereocenters. The maximum Gasteiger partial charge on any atom is 0.322 e. The van der Waals surface area contributed by atoms with Crippen LogP contribution in [-0.4, -0.2) is 33.2 Å². The van der Waals surface area contributed by atoms with Crippen LogP contribution in [0.4, 0.5) is 14.9 Å². The van der Waals surface area contributed by atoms with Crippen LogP contribution in [-0.2, 0) is 13.1 Å². The number of aromatic nitrogens is 2. The molecule has 29 heavy (non-hydrogen) atoms. The second-order valence-electron chi connectivity index (χ2n) is 6.63. The van der Waals surface area contributed by atoms with E-state index in [0.29, 0.717) is 40.8 Å². The Morgan fingerprint density at radius 1 is 1.14 bits per heavy atom. The monoisotopic (exact) mass is 413 g/mol. The summed E-state index contributed by atoms with van der Waals surface area (Å²) < 4.78 is 14.7. The van der Waals surface area contributed by atoms with Crippen molar-refractivity contribution in [3.63, 3.8) is 0 Å². The van der Waals surface area contributed by atoms with Crippen molar-refractivity contribution in [2.24, 2.45) is 5.73 Å². The van der Waals surface area contributed by atoms with E-state index in [0.717, 1.165) is 0 Å². The van der Waals surface area contributed by atoms with Gasteiger partial charge in [0.2, 0.25) is 0 Å². The molecule has 0 saturated heterocycles. The topological polar surface area (TPSA) is 93.2 Å². The molecule has 1 aromatic heterocycles. The minimum atomic E-state index is -0.623. The normalized spacial score (nSPS) is 13.1. The summed E-state index contributed by atoms with van der Waals surface area (Å²) in [5.41, 5.74) is 8.06. The first-order valence-electron chi connectivity index (χ1n) is 8.89. The molecule has 0 fully saturated rings. The zero-order valence-corrected chi connectivity index (χ0v) is 16.0. The van der Waals surface area contributed by atoms with Gasteiger partial charge >= 0.3 is 6.03 Å². The quantitative estimate of drug-likeness (QED) is 0.688. The first-order chi connectivity index (χ1) is 13.9. The van der Waals surface area contributed by atoms with Crippen LogP contribution >= 0.6 is 11.6 Å². The lowest BCUT2D eigenvalue weighted by molar-refractivity contribution is 0.0997. The van der Waals surface area contributed by atoms with Gasteiger partial charge in [0, 0.05) is 22.8 Å². The fourth-order valence-electron chi connectivity index (χ4n) is 3.32. The smallest absolute Gasteiger partial charge is 0.322 e. The van der Waals surface area contributed by atoms with Gasteiger partial charge in [0.1, 0.15) is 11.5 Å². The number of fused-ring (bicyclic) bond motifs is 1. The van der Waals surface area contributed by atoms with Gasteiger partial charge in [-0.3, -0.25) is 9.48 Å². The van der Waals surface area contributed by atoms with Crippen molar-refractivity contribution < 1.29 is 14.0 Å². The Hall–Kier alpha value is -3.39. The number of nitrogens with one attached hydrogen (secondary N) is 1.